The van der Waals surface area contributed by atoms with Crippen molar-refractivity contribution in [1.29, 1.82) is 0 Å². The molecule has 0 radical (unpaired) electrons. The van der Waals surface area contributed by atoms with Crippen LogP contribution in [0.4, 0.5) is 0 Å². The van der Waals surface area contributed by atoms with Crippen LogP contribution in [-0.2, 0) is 0 Å². The van der Waals surface area contributed by atoms with Crippen molar-refractivity contribution >= 4 is 54.5 Å². The van der Waals surface area contributed by atoms with Gasteiger partial charge >= 0.3 is 0 Å². The molecule has 0 aromatic heterocycles. The highest BCUT2D eigenvalue weighted by molar-refractivity contribution is 9.10. The lowest BCUT2D eigenvalue weighted by Gasteiger charge is -1.97. The van der Waals surface area contributed by atoms with Crippen LogP contribution in [0.3, 0.4) is 0 Å². The maximum atomic E-state index is 3.50. The van der Waals surface area contributed by atoms with Crippen LogP contribution in [0.5, 0.6) is 0 Å². The van der Waals surface area contributed by atoms with Crippen molar-refractivity contribution in [2.24, 2.45) is 0 Å². The van der Waals surface area contributed by atoms with Crippen LogP contribution in [-0.4, -0.2) is 0 Å². The van der Waals surface area contributed by atoms with E-state index in [0.29, 0.717) is 0 Å². The maximum Gasteiger partial charge on any atom is 0.0253 e. The van der Waals surface area contributed by atoms with Crippen molar-refractivity contribution in [2.75, 3.05) is 0 Å². The monoisotopic (exact) mass is 414 g/mol. The minimum absolute atomic E-state index is 0. The minimum Gasteiger partial charge on any atom is -0.114 e. The van der Waals surface area contributed by atoms with E-state index in [1.54, 1.807) is 0 Å². The highest BCUT2D eigenvalue weighted by atomic mass is 79.9. The van der Waals surface area contributed by atoms with Crippen LogP contribution in [0.15, 0.2) is 95.5 Å². The zero-order chi connectivity index (χ0) is 14.5. The second-order valence-corrected chi connectivity index (χ2v) is 5.66. The third kappa shape index (κ3) is 3.96. The fourth-order valence-corrected chi connectivity index (χ4v) is 2.83. The Morgan fingerprint density at radius 2 is 0.864 bits per heavy atom. The first-order valence-corrected chi connectivity index (χ1v) is 7.71. The van der Waals surface area contributed by atoms with Gasteiger partial charge in [0.05, 0.1) is 0 Å². The van der Waals surface area contributed by atoms with Gasteiger partial charge in [-0.3, -0.25) is 0 Å². The van der Waals surface area contributed by atoms with Crippen molar-refractivity contribution in [2.45, 2.75) is 0 Å². The summed E-state index contributed by atoms with van der Waals surface area (Å²) in [6.45, 7) is 0. The molecule has 0 atom stereocenters. The second kappa shape index (κ2) is 8.11. The van der Waals surface area contributed by atoms with Gasteiger partial charge in [0.1, 0.15) is 0 Å². The molecular formula is C20H16Br2. The van der Waals surface area contributed by atoms with Gasteiger partial charge in [-0.05, 0) is 27.6 Å². The van der Waals surface area contributed by atoms with Gasteiger partial charge < -0.3 is 0 Å². The fraction of sp³-hybridized carbons (Fsp3) is 0. The molecule has 110 valence electrons. The van der Waals surface area contributed by atoms with Crippen molar-refractivity contribution in [3.05, 3.63) is 95.5 Å². The van der Waals surface area contributed by atoms with Crippen LogP contribution in [0.25, 0.3) is 21.5 Å². The quantitative estimate of drug-likeness (QED) is 0.289. The number of hydrogen-bond acceptors (Lipinski definition) is 0. The van der Waals surface area contributed by atoms with Gasteiger partial charge in [-0.25, -0.2) is 0 Å². The third-order valence-electron chi connectivity index (χ3n) is 3.40. The smallest absolute Gasteiger partial charge is 0.0253 e. The molecule has 0 nitrogen and oxygen atoms in total. The molecule has 0 fully saturated rings. The molecule has 0 aliphatic carbocycles. The Morgan fingerprint density at radius 1 is 0.455 bits per heavy atom. The van der Waals surface area contributed by atoms with Crippen LogP contribution in [0.2, 0.25) is 0 Å². The largest absolute Gasteiger partial charge is 0.114 e. The van der Waals surface area contributed by atoms with Crippen molar-refractivity contribution in [3.63, 3.8) is 0 Å². The molecule has 0 N–H and O–H groups in total. The van der Waals surface area contributed by atoms with Crippen LogP contribution in [0, 0.1) is 0 Å². The highest BCUT2D eigenvalue weighted by Crippen LogP contribution is 2.22. The molecular weight excluding hydrogens is 400 g/mol. The predicted octanol–water partition coefficient (Wildman–Crippen LogP) is 7.02. The van der Waals surface area contributed by atoms with Gasteiger partial charge in [0.15, 0.2) is 0 Å². The predicted molar refractivity (Wildman–Crippen MR) is 106 cm³/mol. The lowest BCUT2D eigenvalue weighted by Crippen LogP contribution is -1.71. The standard InChI is InChI=1S/C10H7Br.C10H8.BrH/c11-10-7-3-5-8-4-1-2-6-9(8)10;1-2-6-10-8-4-3-7-9(10)5-1;/h1-7H;1-8H;1H. The molecule has 0 heterocycles. The average Bonchev–Trinajstić information content (AvgIpc) is 2.56. The number of hydrogen-bond donors (Lipinski definition) is 0. The van der Waals surface area contributed by atoms with Gasteiger partial charge in [-0.15, -0.1) is 17.0 Å². The van der Waals surface area contributed by atoms with Gasteiger partial charge in [0.25, 0.3) is 0 Å². The van der Waals surface area contributed by atoms with Crippen molar-refractivity contribution in [3.8, 4) is 0 Å². The summed E-state index contributed by atoms with van der Waals surface area (Å²) in [5.41, 5.74) is 0. The molecule has 0 unspecified atom stereocenters. The number of rotatable bonds is 0. The lowest BCUT2D eigenvalue weighted by atomic mass is 10.1. The van der Waals surface area contributed by atoms with E-state index in [1.165, 1.54) is 21.5 Å². The molecule has 0 aliphatic heterocycles. The molecule has 0 saturated heterocycles. The van der Waals surface area contributed by atoms with Crippen LogP contribution in [0.1, 0.15) is 0 Å². The van der Waals surface area contributed by atoms with E-state index >= 15 is 0 Å². The van der Waals surface area contributed by atoms with Crippen LogP contribution >= 0.6 is 32.9 Å². The summed E-state index contributed by atoms with van der Waals surface area (Å²) in [5.74, 6) is 0. The molecule has 4 aromatic carbocycles. The normalized spacial score (nSPS) is 9.68. The van der Waals surface area contributed by atoms with E-state index < -0.39 is 0 Å². The molecule has 4 rings (SSSR count). The SMILES string of the molecule is Br.Brc1cccc2ccccc12.c1ccc2ccccc2c1. The van der Waals surface area contributed by atoms with Gasteiger partial charge in [0.2, 0.25) is 0 Å². The van der Waals surface area contributed by atoms with E-state index in [9.17, 15) is 0 Å². The Kier molecular flexibility index (Phi) is 6.17. The summed E-state index contributed by atoms with van der Waals surface area (Å²) in [6, 6.07) is 31.3. The van der Waals surface area contributed by atoms with E-state index in [0.717, 1.165) is 4.47 Å². The first kappa shape index (κ1) is 16.7. The van der Waals surface area contributed by atoms with E-state index in [1.807, 2.05) is 12.1 Å². The van der Waals surface area contributed by atoms with Crippen molar-refractivity contribution < 1.29 is 0 Å². The van der Waals surface area contributed by atoms with Crippen LogP contribution < -0.4 is 0 Å². The summed E-state index contributed by atoms with van der Waals surface area (Å²) < 4.78 is 1.16. The number of halogens is 2. The summed E-state index contributed by atoms with van der Waals surface area (Å²) in [7, 11) is 0. The first-order valence-electron chi connectivity index (χ1n) is 6.92. The molecule has 22 heavy (non-hydrogen) atoms. The Bertz CT molecular complexity index is 798. The zero-order valence-corrected chi connectivity index (χ0v) is 15.2. The van der Waals surface area contributed by atoms with E-state index in [-0.39, 0.29) is 17.0 Å². The Balaban J connectivity index is 0.000000154. The Morgan fingerprint density at radius 3 is 1.36 bits per heavy atom. The van der Waals surface area contributed by atoms with Gasteiger partial charge in [-0.1, -0.05) is 101 Å². The topological polar surface area (TPSA) is 0 Å². The molecule has 0 saturated carbocycles. The van der Waals surface area contributed by atoms with E-state index in [4.69, 9.17) is 0 Å². The van der Waals surface area contributed by atoms with E-state index in [2.05, 4.69) is 94.8 Å². The summed E-state index contributed by atoms with van der Waals surface area (Å²) >= 11 is 3.50. The zero-order valence-electron chi connectivity index (χ0n) is 11.9. The summed E-state index contributed by atoms with van der Waals surface area (Å²) in [6.07, 6.45) is 0. The van der Waals surface area contributed by atoms with Gasteiger partial charge in [0, 0.05) is 4.47 Å². The lowest BCUT2D eigenvalue weighted by molar-refractivity contribution is 1.71. The Labute approximate surface area is 149 Å². The number of benzene rings is 4. The molecule has 0 bridgehead atoms. The third-order valence-corrected chi connectivity index (χ3v) is 4.09. The Hall–Kier alpha value is -1.64. The summed E-state index contributed by atoms with van der Waals surface area (Å²) in [4.78, 5) is 0. The molecule has 4 aromatic rings. The fourth-order valence-electron chi connectivity index (χ4n) is 2.32. The molecule has 0 aliphatic rings. The number of fused-ring (bicyclic) bond motifs is 2. The molecule has 0 spiro atoms. The second-order valence-electron chi connectivity index (χ2n) is 4.81. The first-order chi connectivity index (χ1) is 10.3. The molecule has 2 heteroatoms. The summed E-state index contributed by atoms with van der Waals surface area (Å²) in [5, 5.41) is 5.17. The van der Waals surface area contributed by atoms with Gasteiger partial charge in [-0.2, -0.15) is 0 Å². The van der Waals surface area contributed by atoms with Crippen molar-refractivity contribution in [1.82, 2.24) is 0 Å². The molecule has 0 amide bonds. The minimum atomic E-state index is 0. The maximum absolute atomic E-state index is 3.50. The average molecular weight is 416 g/mol. The highest BCUT2D eigenvalue weighted by Gasteiger charge is 1.93.